The molecule has 2 heterocycles. The van der Waals surface area contributed by atoms with E-state index in [2.05, 4.69) is 20.4 Å². The summed E-state index contributed by atoms with van der Waals surface area (Å²) in [6.45, 7) is 6.59. The molecular formula is C17H28N6O2. The van der Waals surface area contributed by atoms with E-state index in [0.717, 1.165) is 48.4 Å². The van der Waals surface area contributed by atoms with Crippen LogP contribution in [0.25, 0.3) is 0 Å². The van der Waals surface area contributed by atoms with Crippen LogP contribution in [0.3, 0.4) is 0 Å². The maximum absolute atomic E-state index is 5.38. The fraction of sp³-hybridized carbons (Fsp3) is 0.588. The van der Waals surface area contributed by atoms with Crippen molar-refractivity contribution in [3.8, 4) is 0 Å². The Kier molecular flexibility index (Phi) is 7.00. The molecule has 0 fully saturated rings. The van der Waals surface area contributed by atoms with Crippen LogP contribution in [-0.4, -0.2) is 52.9 Å². The minimum atomic E-state index is 0.471. The second-order valence-corrected chi connectivity index (χ2v) is 5.99. The molecule has 2 aromatic rings. The third kappa shape index (κ3) is 5.32. The predicted octanol–water partition coefficient (Wildman–Crippen LogP) is 1.64. The second kappa shape index (κ2) is 9.22. The van der Waals surface area contributed by atoms with Crippen molar-refractivity contribution in [3.05, 3.63) is 35.3 Å². The first-order valence-electron chi connectivity index (χ1n) is 8.39. The van der Waals surface area contributed by atoms with E-state index in [9.17, 15) is 0 Å². The summed E-state index contributed by atoms with van der Waals surface area (Å²) in [7, 11) is 5.67. The lowest BCUT2D eigenvalue weighted by Gasteiger charge is -2.22. The molecule has 0 aromatic carbocycles. The van der Waals surface area contributed by atoms with Crippen molar-refractivity contribution in [2.45, 2.75) is 33.4 Å². The molecule has 0 unspecified atom stereocenters. The van der Waals surface area contributed by atoms with Crippen LogP contribution in [-0.2, 0) is 24.9 Å². The van der Waals surface area contributed by atoms with E-state index in [1.807, 2.05) is 38.6 Å². The lowest BCUT2D eigenvalue weighted by Crippen LogP contribution is -2.39. The topological polar surface area (TPSA) is 80.7 Å². The van der Waals surface area contributed by atoms with Gasteiger partial charge < -0.3 is 23.9 Å². The molecule has 2 aromatic heterocycles. The summed E-state index contributed by atoms with van der Waals surface area (Å²) in [6.07, 6.45) is 2.63. The number of guanidine groups is 1. The van der Waals surface area contributed by atoms with Gasteiger partial charge in [0, 0.05) is 46.5 Å². The molecule has 0 amide bonds. The molecule has 2 rings (SSSR count). The van der Waals surface area contributed by atoms with Crippen LogP contribution in [0.15, 0.2) is 21.7 Å². The molecule has 0 aliphatic carbocycles. The number of methoxy groups -OCH3 is 1. The number of hydrogen-bond donors (Lipinski definition) is 1. The van der Waals surface area contributed by atoms with Gasteiger partial charge in [-0.25, -0.2) is 4.99 Å². The van der Waals surface area contributed by atoms with Gasteiger partial charge in [0.2, 0.25) is 0 Å². The Bertz CT molecular complexity index is 691. The molecule has 138 valence electrons. The Hall–Kier alpha value is -2.35. The molecule has 0 aliphatic rings. The van der Waals surface area contributed by atoms with Crippen LogP contribution in [0.5, 0.6) is 0 Å². The summed E-state index contributed by atoms with van der Waals surface area (Å²) in [5.74, 6) is 3.45. The van der Waals surface area contributed by atoms with Crippen LogP contribution < -0.4 is 5.32 Å². The van der Waals surface area contributed by atoms with Crippen LogP contribution in [0, 0.1) is 13.8 Å². The Morgan fingerprint density at radius 3 is 2.80 bits per heavy atom. The first-order chi connectivity index (χ1) is 12.0. The molecule has 0 radical (unpaired) electrons. The highest BCUT2D eigenvalue weighted by Gasteiger charge is 2.11. The summed E-state index contributed by atoms with van der Waals surface area (Å²) in [5, 5.41) is 11.6. The van der Waals surface area contributed by atoms with Crippen molar-refractivity contribution in [1.82, 2.24) is 25.0 Å². The van der Waals surface area contributed by atoms with Gasteiger partial charge in [-0.3, -0.25) is 0 Å². The molecule has 0 aliphatic heterocycles. The number of aromatic nitrogens is 3. The summed E-state index contributed by atoms with van der Waals surface area (Å²) in [5.41, 5.74) is 1.14. The number of nitrogens with one attached hydrogen (secondary N) is 1. The fourth-order valence-corrected chi connectivity index (χ4v) is 2.37. The molecule has 0 spiro atoms. The Morgan fingerprint density at radius 2 is 2.20 bits per heavy atom. The van der Waals surface area contributed by atoms with E-state index in [4.69, 9.17) is 14.1 Å². The number of furan rings is 1. The molecule has 8 nitrogen and oxygen atoms in total. The zero-order valence-corrected chi connectivity index (χ0v) is 15.7. The summed E-state index contributed by atoms with van der Waals surface area (Å²) < 4.78 is 12.4. The van der Waals surface area contributed by atoms with Crippen LogP contribution in [0.2, 0.25) is 0 Å². The fourth-order valence-electron chi connectivity index (χ4n) is 2.37. The average molecular weight is 348 g/mol. The third-order valence-corrected chi connectivity index (χ3v) is 4.10. The van der Waals surface area contributed by atoms with Crippen LogP contribution >= 0.6 is 0 Å². The Labute approximate surface area is 148 Å². The number of hydrogen-bond acceptors (Lipinski definition) is 5. The molecular weight excluding hydrogens is 320 g/mol. The molecule has 0 atom stereocenters. The number of rotatable bonds is 8. The van der Waals surface area contributed by atoms with Gasteiger partial charge in [-0.2, -0.15) is 0 Å². The standard InChI is InChI=1S/C17H28N6O2/c1-13-15(7-10-25-13)12-22(3)17(18-8-6-9-24-5)19-11-16-21-20-14(2)23(16)4/h7,10H,6,8-9,11-12H2,1-5H3,(H,18,19). The normalized spacial score (nSPS) is 11.8. The molecule has 0 saturated carbocycles. The van der Waals surface area contributed by atoms with Crippen molar-refractivity contribution in [3.63, 3.8) is 0 Å². The molecule has 25 heavy (non-hydrogen) atoms. The smallest absolute Gasteiger partial charge is 0.194 e. The van der Waals surface area contributed by atoms with Crippen molar-refractivity contribution in [2.75, 3.05) is 27.3 Å². The van der Waals surface area contributed by atoms with Crippen molar-refractivity contribution in [2.24, 2.45) is 12.0 Å². The summed E-state index contributed by atoms with van der Waals surface area (Å²) in [6, 6.07) is 1.99. The minimum Gasteiger partial charge on any atom is -0.469 e. The second-order valence-electron chi connectivity index (χ2n) is 5.99. The van der Waals surface area contributed by atoms with Gasteiger partial charge in [0.1, 0.15) is 18.1 Å². The highest BCUT2D eigenvalue weighted by Crippen LogP contribution is 2.11. The number of ether oxygens (including phenoxy) is 1. The van der Waals surface area contributed by atoms with Gasteiger partial charge in [0.15, 0.2) is 11.8 Å². The largest absolute Gasteiger partial charge is 0.469 e. The SMILES string of the molecule is COCCCNC(=NCc1nnc(C)n1C)N(C)Cc1ccoc1C. The van der Waals surface area contributed by atoms with Gasteiger partial charge in [-0.05, 0) is 26.3 Å². The maximum Gasteiger partial charge on any atom is 0.194 e. The quantitative estimate of drug-likeness (QED) is 0.444. The Morgan fingerprint density at radius 1 is 1.40 bits per heavy atom. The van der Waals surface area contributed by atoms with Crippen LogP contribution in [0.1, 0.15) is 29.4 Å². The number of aryl methyl sites for hydroxylation is 2. The minimum absolute atomic E-state index is 0.471. The zero-order valence-electron chi connectivity index (χ0n) is 15.7. The van der Waals surface area contributed by atoms with Crippen molar-refractivity contribution < 1.29 is 9.15 Å². The van der Waals surface area contributed by atoms with E-state index >= 15 is 0 Å². The molecule has 0 saturated heterocycles. The van der Waals surface area contributed by atoms with E-state index in [0.29, 0.717) is 13.2 Å². The highest BCUT2D eigenvalue weighted by atomic mass is 16.5. The lowest BCUT2D eigenvalue weighted by molar-refractivity contribution is 0.195. The Balaban J connectivity index is 2.06. The summed E-state index contributed by atoms with van der Waals surface area (Å²) in [4.78, 5) is 6.79. The van der Waals surface area contributed by atoms with Crippen LogP contribution in [0.4, 0.5) is 0 Å². The first-order valence-corrected chi connectivity index (χ1v) is 8.39. The zero-order chi connectivity index (χ0) is 18.2. The average Bonchev–Trinajstić information content (AvgIpc) is 3.14. The summed E-state index contributed by atoms with van der Waals surface area (Å²) >= 11 is 0. The van der Waals surface area contributed by atoms with E-state index in [-0.39, 0.29) is 0 Å². The van der Waals surface area contributed by atoms with Gasteiger partial charge in [0.25, 0.3) is 0 Å². The van der Waals surface area contributed by atoms with Crippen molar-refractivity contribution >= 4 is 5.96 Å². The molecule has 8 heteroatoms. The maximum atomic E-state index is 5.38. The first kappa shape index (κ1) is 19.0. The molecule has 0 bridgehead atoms. The van der Waals surface area contributed by atoms with Gasteiger partial charge >= 0.3 is 0 Å². The predicted molar refractivity (Wildman–Crippen MR) is 96.3 cm³/mol. The highest BCUT2D eigenvalue weighted by molar-refractivity contribution is 5.79. The lowest BCUT2D eigenvalue weighted by atomic mass is 10.2. The third-order valence-electron chi connectivity index (χ3n) is 4.10. The monoisotopic (exact) mass is 348 g/mol. The number of aliphatic imine (C=N–C) groups is 1. The van der Waals surface area contributed by atoms with Gasteiger partial charge in [-0.15, -0.1) is 10.2 Å². The van der Waals surface area contributed by atoms with Crippen molar-refractivity contribution in [1.29, 1.82) is 0 Å². The molecule has 1 N–H and O–H groups in total. The van der Waals surface area contributed by atoms with Gasteiger partial charge in [0.05, 0.1) is 6.26 Å². The van der Waals surface area contributed by atoms with E-state index < -0.39 is 0 Å². The van der Waals surface area contributed by atoms with E-state index in [1.54, 1.807) is 13.4 Å². The van der Waals surface area contributed by atoms with E-state index in [1.165, 1.54) is 0 Å². The number of nitrogens with zero attached hydrogens (tertiary/aromatic N) is 5. The van der Waals surface area contributed by atoms with Gasteiger partial charge in [-0.1, -0.05) is 0 Å².